The number of nitriles is 1. The lowest BCUT2D eigenvalue weighted by atomic mass is 9.85. The van der Waals surface area contributed by atoms with Crippen molar-refractivity contribution in [3.8, 4) is 6.07 Å². The van der Waals surface area contributed by atoms with Crippen molar-refractivity contribution >= 4 is 23.6 Å². The molecule has 0 aromatic rings. The molecule has 0 radical (unpaired) electrons. The van der Waals surface area contributed by atoms with Crippen LogP contribution in [0.4, 0.5) is 13.2 Å². The highest BCUT2D eigenvalue weighted by Gasteiger charge is 2.53. The zero-order chi connectivity index (χ0) is 27.9. The van der Waals surface area contributed by atoms with Crippen molar-refractivity contribution in [3.05, 3.63) is 0 Å². The molecule has 4 amide bonds. The second kappa shape index (κ2) is 10.1. The quantitative estimate of drug-likeness (QED) is 0.486. The fraction of sp³-hybridized carbons (Fsp3) is 0.800. The Morgan fingerprint density at radius 3 is 2.35 bits per heavy atom. The molecule has 3 aliphatic rings. The molecule has 12 heteroatoms. The van der Waals surface area contributed by atoms with E-state index in [0.717, 1.165) is 12.8 Å². The average Bonchev–Trinajstić information content (AvgIpc) is 3.41. The van der Waals surface area contributed by atoms with Crippen LogP contribution in [0.5, 0.6) is 0 Å². The summed E-state index contributed by atoms with van der Waals surface area (Å²) < 4.78 is 39.0. The summed E-state index contributed by atoms with van der Waals surface area (Å²) in [5, 5.41) is 17.1. The summed E-state index contributed by atoms with van der Waals surface area (Å²) in [4.78, 5) is 52.4. The SMILES string of the molecule is CC1(C)C[C@@H](C[C@@H](C#N)NC(=O)C2[C@H]3CCC[C@H]3CN2C(=O)[C@@H](NC(=O)C(F)(F)F)C(C)(C)C)C(=O)N1. The summed E-state index contributed by atoms with van der Waals surface area (Å²) in [7, 11) is 0. The molecule has 1 unspecified atom stereocenters. The lowest BCUT2D eigenvalue weighted by Crippen LogP contribution is -2.60. The van der Waals surface area contributed by atoms with E-state index >= 15 is 0 Å². The molecule has 206 valence electrons. The van der Waals surface area contributed by atoms with E-state index in [0.29, 0.717) is 12.8 Å². The third kappa shape index (κ3) is 6.36. The van der Waals surface area contributed by atoms with Crippen molar-refractivity contribution in [1.82, 2.24) is 20.9 Å². The number of carbonyl (C=O) groups excluding carboxylic acids is 4. The van der Waals surface area contributed by atoms with Crippen molar-refractivity contribution in [1.29, 1.82) is 5.26 Å². The van der Waals surface area contributed by atoms with Crippen LogP contribution in [0.2, 0.25) is 0 Å². The number of nitrogens with zero attached hydrogens (tertiary/aromatic N) is 2. The second-order valence-electron chi connectivity index (χ2n) is 12.3. The molecule has 2 aliphatic heterocycles. The van der Waals surface area contributed by atoms with E-state index in [4.69, 9.17) is 0 Å². The molecule has 0 aromatic carbocycles. The minimum Gasteiger partial charge on any atom is -0.351 e. The summed E-state index contributed by atoms with van der Waals surface area (Å²) in [6.07, 6.45) is -2.26. The molecular weight excluding hydrogens is 491 g/mol. The maximum absolute atomic E-state index is 13.6. The first kappa shape index (κ1) is 28.7. The van der Waals surface area contributed by atoms with Gasteiger partial charge in [-0.05, 0) is 56.8 Å². The van der Waals surface area contributed by atoms with Crippen LogP contribution in [0.3, 0.4) is 0 Å². The number of likely N-dealkylation sites (tertiary alicyclic amines) is 1. The van der Waals surface area contributed by atoms with Gasteiger partial charge in [-0.2, -0.15) is 18.4 Å². The zero-order valence-electron chi connectivity index (χ0n) is 21.9. The van der Waals surface area contributed by atoms with Crippen LogP contribution < -0.4 is 16.0 Å². The highest BCUT2D eigenvalue weighted by molar-refractivity contribution is 5.94. The van der Waals surface area contributed by atoms with Gasteiger partial charge in [0, 0.05) is 18.0 Å². The molecule has 6 atom stereocenters. The maximum Gasteiger partial charge on any atom is 0.471 e. The largest absolute Gasteiger partial charge is 0.471 e. The maximum atomic E-state index is 13.6. The Labute approximate surface area is 214 Å². The number of halogens is 3. The van der Waals surface area contributed by atoms with E-state index in [2.05, 4.69) is 10.6 Å². The van der Waals surface area contributed by atoms with Crippen LogP contribution in [-0.4, -0.2) is 64.9 Å². The summed E-state index contributed by atoms with van der Waals surface area (Å²) >= 11 is 0. The van der Waals surface area contributed by atoms with Crippen LogP contribution in [0.15, 0.2) is 0 Å². The number of carbonyl (C=O) groups is 4. The summed E-state index contributed by atoms with van der Waals surface area (Å²) in [6.45, 7) is 8.55. The predicted octanol–water partition coefficient (Wildman–Crippen LogP) is 2.02. The number of rotatable bonds is 6. The van der Waals surface area contributed by atoms with E-state index in [1.54, 1.807) is 0 Å². The van der Waals surface area contributed by atoms with Gasteiger partial charge < -0.3 is 20.9 Å². The van der Waals surface area contributed by atoms with E-state index in [1.807, 2.05) is 25.2 Å². The Bertz CT molecular complexity index is 984. The van der Waals surface area contributed by atoms with Gasteiger partial charge in [-0.25, -0.2) is 0 Å². The highest BCUT2D eigenvalue weighted by Crippen LogP contribution is 2.43. The first-order chi connectivity index (χ1) is 16.9. The lowest BCUT2D eigenvalue weighted by molar-refractivity contribution is -0.176. The van der Waals surface area contributed by atoms with Crippen LogP contribution in [0.1, 0.15) is 66.7 Å². The third-order valence-electron chi connectivity index (χ3n) is 7.67. The smallest absolute Gasteiger partial charge is 0.351 e. The van der Waals surface area contributed by atoms with Gasteiger partial charge in [-0.15, -0.1) is 0 Å². The Balaban J connectivity index is 1.80. The highest BCUT2D eigenvalue weighted by atomic mass is 19.4. The predicted molar refractivity (Wildman–Crippen MR) is 126 cm³/mol. The van der Waals surface area contributed by atoms with Gasteiger partial charge >= 0.3 is 12.1 Å². The molecule has 3 N–H and O–H groups in total. The number of fused-ring (bicyclic) bond motifs is 1. The average molecular weight is 528 g/mol. The monoisotopic (exact) mass is 527 g/mol. The Kier molecular flexibility index (Phi) is 7.87. The molecule has 0 spiro atoms. The number of nitrogens with one attached hydrogen (secondary N) is 3. The number of hydrogen-bond acceptors (Lipinski definition) is 5. The molecule has 1 saturated carbocycles. The number of alkyl halides is 3. The normalized spacial score (nSPS) is 28.6. The molecule has 1 aliphatic carbocycles. The van der Waals surface area contributed by atoms with E-state index in [-0.39, 0.29) is 30.7 Å². The van der Waals surface area contributed by atoms with Crippen molar-refractivity contribution in [2.45, 2.75) is 96.6 Å². The first-order valence-corrected chi connectivity index (χ1v) is 12.6. The Morgan fingerprint density at radius 2 is 1.84 bits per heavy atom. The Hall–Kier alpha value is -2.84. The second-order valence-corrected chi connectivity index (χ2v) is 12.3. The van der Waals surface area contributed by atoms with E-state index in [9.17, 15) is 37.6 Å². The van der Waals surface area contributed by atoms with E-state index < -0.39 is 58.9 Å². The van der Waals surface area contributed by atoms with Gasteiger partial charge in [-0.1, -0.05) is 27.2 Å². The van der Waals surface area contributed by atoms with Gasteiger partial charge in [0.1, 0.15) is 18.1 Å². The lowest BCUT2D eigenvalue weighted by Gasteiger charge is -2.36. The minimum absolute atomic E-state index is 0.000538. The molecule has 9 nitrogen and oxygen atoms in total. The third-order valence-corrected chi connectivity index (χ3v) is 7.67. The Morgan fingerprint density at radius 1 is 1.19 bits per heavy atom. The van der Waals surface area contributed by atoms with Crippen LogP contribution in [0, 0.1) is 34.5 Å². The fourth-order valence-electron chi connectivity index (χ4n) is 5.97. The first-order valence-electron chi connectivity index (χ1n) is 12.6. The molecule has 37 heavy (non-hydrogen) atoms. The van der Waals surface area contributed by atoms with Gasteiger partial charge in [0.15, 0.2) is 0 Å². The van der Waals surface area contributed by atoms with Gasteiger partial charge in [0.25, 0.3) is 0 Å². The van der Waals surface area contributed by atoms with Crippen LogP contribution in [0.25, 0.3) is 0 Å². The van der Waals surface area contributed by atoms with Crippen LogP contribution in [-0.2, 0) is 19.2 Å². The standard InChI is InChI=1S/C25H36F3N5O4/c1-23(2,3)18(31-22(37)25(26,27)28)21(36)33-12-13-7-6-8-16(13)17(33)20(35)30-15(11-29)9-14-10-24(4,5)32-19(14)34/h13-18H,6-10,12H2,1-5H3,(H,30,35)(H,31,37)(H,32,34)/t13-,14+,15-,16-,17?,18+/m0/s1. The molecule has 2 saturated heterocycles. The zero-order valence-corrected chi connectivity index (χ0v) is 21.9. The van der Waals surface area contributed by atoms with Crippen LogP contribution >= 0.6 is 0 Å². The van der Waals surface area contributed by atoms with Crippen molar-refractivity contribution in [2.75, 3.05) is 6.54 Å². The molecule has 0 aromatic heterocycles. The van der Waals surface area contributed by atoms with Gasteiger partial charge in [0.05, 0.1) is 6.07 Å². The summed E-state index contributed by atoms with van der Waals surface area (Å²) in [5.74, 6) is -4.39. The molecule has 3 rings (SSSR count). The summed E-state index contributed by atoms with van der Waals surface area (Å²) in [6, 6.07) is -1.43. The van der Waals surface area contributed by atoms with Gasteiger partial charge in [0.2, 0.25) is 17.7 Å². The summed E-state index contributed by atoms with van der Waals surface area (Å²) in [5.41, 5.74) is -1.48. The van der Waals surface area contributed by atoms with Crippen molar-refractivity contribution in [3.63, 3.8) is 0 Å². The van der Waals surface area contributed by atoms with Crippen molar-refractivity contribution in [2.24, 2.45) is 23.2 Å². The molecule has 2 heterocycles. The van der Waals surface area contributed by atoms with Crippen molar-refractivity contribution < 1.29 is 32.3 Å². The van der Waals surface area contributed by atoms with E-state index in [1.165, 1.54) is 25.7 Å². The number of amides is 4. The minimum atomic E-state index is -5.16. The molecular formula is C25H36F3N5O4. The number of hydrogen-bond donors (Lipinski definition) is 3. The fourth-order valence-corrected chi connectivity index (χ4v) is 5.97. The molecule has 3 fully saturated rings. The van der Waals surface area contributed by atoms with Gasteiger partial charge in [-0.3, -0.25) is 19.2 Å². The topological polar surface area (TPSA) is 131 Å². The molecule has 0 bridgehead atoms.